The quantitative estimate of drug-likeness (QED) is 0.557. The first-order valence-electron chi connectivity index (χ1n) is 4.24. The Morgan fingerprint density at radius 3 is 2.30 bits per heavy atom. The third kappa shape index (κ3) is 1.06. The molecule has 0 aromatic heterocycles. The molecule has 0 aromatic rings. The van der Waals surface area contributed by atoms with Gasteiger partial charge in [0, 0.05) is 0 Å². The van der Waals surface area contributed by atoms with Crippen molar-refractivity contribution in [2.45, 2.75) is 31.3 Å². The highest BCUT2D eigenvalue weighted by atomic mass is 16.3. The average molecular weight is 141 g/mol. The molecule has 0 bridgehead atoms. The van der Waals surface area contributed by atoms with Crippen LogP contribution in [0.5, 0.6) is 0 Å². The fourth-order valence-corrected chi connectivity index (χ4v) is 1.89. The van der Waals surface area contributed by atoms with Gasteiger partial charge in [-0.2, -0.15) is 0 Å². The summed E-state index contributed by atoms with van der Waals surface area (Å²) in [6.45, 7) is 2.01. The van der Waals surface area contributed by atoms with Crippen molar-refractivity contribution in [3.63, 3.8) is 0 Å². The summed E-state index contributed by atoms with van der Waals surface area (Å²) in [6, 6.07) is 0. The Morgan fingerprint density at radius 2 is 1.80 bits per heavy atom. The molecular formula is C8H15NO. The first-order valence-corrected chi connectivity index (χ1v) is 4.24. The molecule has 1 heterocycles. The van der Waals surface area contributed by atoms with Crippen molar-refractivity contribution in [2.75, 3.05) is 13.1 Å². The number of aliphatic hydroxyl groups is 1. The fourth-order valence-electron chi connectivity index (χ4n) is 1.89. The lowest BCUT2D eigenvalue weighted by atomic mass is 9.88. The second-order valence-electron chi connectivity index (χ2n) is 3.63. The van der Waals surface area contributed by atoms with Gasteiger partial charge in [-0.1, -0.05) is 0 Å². The molecule has 2 nitrogen and oxygen atoms in total. The monoisotopic (exact) mass is 141 g/mol. The molecule has 2 fully saturated rings. The van der Waals surface area contributed by atoms with Crippen molar-refractivity contribution < 1.29 is 5.11 Å². The smallest absolute Gasteiger partial charge is 0.0700 e. The van der Waals surface area contributed by atoms with Crippen LogP contribution in [-0.4, -0.2) is 23.8 Å². The highest BCUT2D eigenvalue weighted by molar-refractivity contribution is 4.96. The van der Waals surface area contributed by atoms with Crippen LogP contribution in [0.25, 0.3) is 0 Å². The minimum atomic E-state index is -0.273. The summed E-state index contributed by atoms with van der Waals surface area (Å²) in [6.07, 6.45) is 4.46. The van der Waals surface area contributed by atoms with Crippen LogP contribution in [0.1, 0.15) is 25.7 Å². The molecule has 58 valence electrons. The van der Waals surface area contributed by atoms with Crippen LogP contribution < -0.4 is 5.32 Å². The summed E-state index contributed by atoms with van der Waals surface area (Å²) >= 11 is 0. The lowest BCUT2D eigenvalue weighted by molar-refractivity contribution is -0.0106. The van der Waals surface area contributed by atoms with Gasteiger partial charge in [0.05, 0.1) is 5.60 Å². The van der Waals surface area contributed by atoms with Gasteiger partial charge in [0.15, 0.2) is 0 Å². The third-order valence-corrected chi connectivity index (χ3v) is 2.81. The Balaban J connectivity index is 1.97. The molecule has 0 unspecified atom stereocenters. The van der Waals surface area contributed by atoms with E-state index in [4.69, 9.17) is 0 Å². The van der Waals surface area contributed by atoms with E-state index in [2.05, 4.69) is 5.32 Å². The molecule has 2 aliphatic rings. The normalized spacial score (nSPS) is 32.1. The van der Waals surface area contributed by atoms with Crippen molar-refractivity contribution in [2.24, 2.45) is 5.92 Å². The van der Waals surface area contributed by atoms with E-state index in [-0.39, 0.29) is 5.60 Å². The summed E-state index contributed by atoms with van der Waals surface area (Å²) in [5.41, 5.74) is -0.273. The Kier molecular flexibility index (Phi) is 1.46. The first-order chi connectivity index (χ1) is 4.81. The molecule has 10 heavy (non-hydrogen) atoms. The first kappa shape index (κ1) is 6.62. The molecule has 0 atom stereocenters. The van der Waals surface area contributed by atoms with Crippen molar-refractivity contribution >= 4 is 0 Å². The van der Waals surface area contributed by atoms with Crippen LogP contribution in [0.3, 0.4) is 0 Å². The number of piperidine rings is 1. The van der Waals surface area contributed by atoms with E-state index in [1.807, 2.05) is 0 Å². The van der Waals surface area contributed by atoms with E-state index in [0.717, 1.165) is 25.9 Å². The molecule has 2 heteroatoms. The molecule has 0 radical (unpaired) electrons. The zero-order valence-electron chi connectivity index (χ0n) is 6.27. The average Bonchev–Trinajstić information content (AvgIpc) is 2.69. The summed E-state index contributed by atoms with van der Waals surface area (Å²) in [4.78, 5) is 0. The van der Waals surface area contributed by atoms with Gasteiger partial charge in [-0.15, -0.1) is 0 Å². The van der Waals surface area contributed by atoms with Crippen LogP contribution in [0.2, 0.25) is 0 Å². The van der Waals surface area contributed by atoms with Crippen LogP contribution in [0.4, 0.5) is 0 Å². The number of nitrogens with one attached hydrogen (secondary N) is 1. The molecule has 1 saturated heterocycles. The molecular weight excluding hydrogens is 126 g/mol. The minimum Gasteiger partial charge on any atom is -0.390 e. The van der Waals surface area contributed by atoms with Crippen LogP contribution in [-0.2, 0) is 0 Å². The van der Waals surface area contributed by atoms with Crippen LogP contribution in [0, 0.1) is 5.92 Å². The maximum Gasteiger partial charge on any atom is 0.0700 e. The van der Waals surface area contributed by atoms with Gasteiger partial charge in [0.2, 0.25) is 0 Å². The molecule has 0 amide bonds. The fraction of sp³-hybridized carbons (Fsp3) is 1.00. The molecule has 2 rings (SSSR count). The summed E-state index contributed by atoms with van der Waals surface area (Å²) in [5.74, 6) is 0.648. The minimum absolute atomic E-state index is 0.273. The lowest BCUT2D eigenvalue weighted by Gasteiger charge is -2.32. The largest absolute Gasteiger partial charge is 0.390 e. The van der Waals surface area contributed by atoms with E-state index in [0.29, 0.717) is 5.92 Å². The molecule has 0 spiro atoms. The summed E-state index contributed by atoms with van der Waals surface area (Å²) in [5, 5.41) is 13.2. The Hall–Kier alpha value is -0.0800. The highest BCUT2D eigenvalue weighted by Gasteiger charge is 2.43. The maximum absolute atomic E-state index is 9.97. The van der Waals surface area contributed by atoms with Gasteiger partial charge < -0.3 is 10.4 Å². The second kappa shape index (κ2) is 2.21. The van der Waals surface area contributed by atoms with Crippen LogP contribution >= 0.6 is 0 Å². The summed E-state index contributed by atoms with van der Waals surface area (Å²) in [7, 11) is 0. The Morgan fingerprint density at radius 1 is 1.20 bits per heavy atom. The molecule has 0 aromatic carbocycles. The van der Waals surface area contributed by atoms with E-state index in [1.54, 1.807) is 0 Å². The van der Waals surface area contributed by atoms with E-state index in [1.165, 1.54) is 12.8 Å². The zero-order chi connectivity index (χ0) is 7.03. The van der Waals surface area contributed by atoms with Crippen LogP contribution in [0.15, 0.2) is 0 Å². The third-order valence-electron chi connectivity index (χ3n) is 2.81. The van der Waals surface area contributed by atoms with E-state index >= 15 is 0 Å². The van der Waals surface area contributed by atoms with Gasteiger partial charge in [-0.05, 0) is 44.7 Å². The SMILES string of the molecule is OC1(C2CC2)CCNCC1. The number of hydrogen-bond acceptors (Lipinski definition) is 2. The molecule has 1 saturated carbocycles. The van der Waals surface area contributed by atoms with Gasteiger partial charge in [0.25, 0.3) is 0 Å². The predicted molar refractivity (Wildman–Crippen MR) is 39.8 cm³/mol. The standard InChI is InChI=1S/C8H15NO/c10-8(7-1-2-7)3-5-9-6-4-8/h7,9-10H,1-6H2. The van der Waals surface area contributed by atoms with Gasteiger partial charge in [0.1, 0.15) is 0 Å². The number of rotatable bonds is 1. The lowest BCUT2D eigenvalue weighted by Crippen LogP contribution is -2.43. The second-order valence-corrected chi connectivity index (χ2v) is 3.63. The van der Waals surface area contributed by atoms with Gasteiger partial charge in [-0.3, -0.25) is 0 Å². The molecule has 1 aliphatic carbocycles. The van der Waals surface area contributed by atoms with Crippen molar-refractivity contribution in [3.05, 3.63) is 0 Å². The molecule has 2 N–H and O–H groups in total. The summed E-state index contributed by atoms with van der Waals surface area (Å²) < 4.78 is 0. The number of hydrogen-bond donors (Lipinski definition) is 2. The predicted octanol–water partition coefficient (Wildman–Crippen LogP) is 0.511. The Labute approximate surface area is 61.6 Å². The highest BCUT2D eigenvalue weighted by Crippen LogP contribution is 2.43. The van der Waals surface area contributed by atoms with Crippen molar-refractivity contribution in [1.82, 2.24) is 5.32 Å². The van der Waals surface area contributed by atoms with Crippen molar-refractivity contribution in [1.29, 1.82) is 0 Å². The van der Waals surface area contributed by atoms with Gasteiger partial charge >= 0.3 is 0 Å². The maximum atomic E-state index is 9.97. The zero-order valence-corrected chi connectivity index (χ0v) is 6.27. The van der Waals surface area contributed by atoms with E-state index in [9.17, 15) is 5.11 Å². The topological polar surface area (TPSA) is 32.3 Å². The molecule has 1 aliphatic heterocycles. The van der Waals surface area contributed by atoms with E-state index < -0.39 is 0 Å². The van der Waals surface area contributed by atoms with Crippen molar-refractivity contribution in [3.8, 4) is 0 Å². The Bertz CT molecular complexity index is 125. The van der Waals surface area contributed by atoms with Gasteiger partial charge in [-0.25, -0.2) is 0 Å².